The molecule has 1 amide bonds. The van der Waals surface area contributed by atoms with E-state index in [1.807, 2.05) is 6.92 Å². The first-order valence-corrected chi connectivity index (χ1v) is 4.69. The van der Waals surface area contributed by atoms with E-state index in [2.05, 4.69) is 27.9 Å². The van der Waals surface area contributed by atoms with Gasteiger partial charge in [0.2, 0.25) is 0 Å². The van der Waals surface area contributed by atoms with Crippen LogP contribution in [0, 0.1) is 0 Å². The Bertz CT molecular complexity index is 238. The standard InChI is InChI=1S/C8H14N2O2S/c1-8(13)5-3-4-6(8)10-12-7(11)9-2/h13H,3-5H2,1-2H3,(H,9,11). The Balaban J connectivity index is 2.56. The van der Waals surface area contributed by atoms with Crippen LogP contribution in [0.4, 0.5) is 4.79 Å². The Morgan fingerprint density at radius 3 is 2.92 bits per heavy atom. The molecule has 1 rings (SSSR count). The van der Waals surface area contributed by atoms with Crippen molar-refractivity contribution >= 4 is 24.4 Å². The number of thiol groups is 1. The molecule has 1 unspecified atom stereocenters. The third kappa shape index (κ3) is 2.62. The molecule has 0 aliphatic heterocycles. The van der Waals surface area contributed by atoms with Crippen LogP contribution in [0.25, 0.3) is 0 Å². The molecule has 5 heteroatoms. The van der Waals surface area contributed by atoms with Gasteiger partial charge in [0.25, 0.3) is 0 Å². The third-order valence-corrected chi connectivity index (χ3v) is 2.62. The molecule has 1 aliphatic carbocycles. The number of hydrogen-bond donors (Lipinski definition) is 2. The maximum absolute atomic E-state index is 10.7. The van der Waals surface area contributed by atoms with Crippen molar-refractivity contribution in [2.24, 2.45) is 5.16 Å². The molecule has 0 bridgehead atoms. The summed E-state index contributed by atoms with van der Waals surface area (Å²) in [6, 6.07) is 0. The van der Waals surface area contributed by atoms with Crippen molar-refractivity contribution in [2.75, 3.05) is 7.05 Å². The summed E-state index contributed by atoms with van der Waals surface area (Å²) >= 11 is 4.43. The van der Waals surface area contributed by atoms with Crippen LogP contribution in [-0.4, -0.2) is 23.6 Å². The number of nitrogens with one attached hydrogen (secondary N) is 1. The molecule has 0 heterocycles. The highest BCUT2D eigenvalue weighted by Crippen LogP contribution is 2.32. The summed E-state index contributed by atoms with van der Waals surface area (Å²) < 4.78 is -0.214. The van der Waals surface area contributed by atoms with E-state index in [0.29, 0.717) is 0 Å². The zero-order valence-corrected chi connectivity index (χ0v) is 8.73. The SMILES string of the molecule is CNC(=O)ON=C1CCCC1(C)S. The van der Waals surface area contributed by atoms with Crippen molar-refractivity contribution in [3.63, 3.8) is 0 Å². The van der Waals surface area contributed by atoms with Crippen molar-refractivity contribution in [3.05, 3.63) is 0 Å². The van der Waals surface area contributed by atoms with Crippen molar-refractivity contribution in [2.45, 2.75) is 30.9 Å². The van der Waals surface area contributed by atoms with Gasteiger partial charge in [-0.2, -0.15) is 12.6 Å². The zero-order chi connectivity index (χ0) is 9.90. The van der Waals surface area contributed by atoms with E-state index in [9.17, 15) is 4.79 Å². The maximum atomic E-state index is 10.7. The zero-order valence-electron chi connectivity index (χ0n) is 7.83. The molecule has 1 fully saturated rings. The Kier molecular flexibility index (Phi) is 3.19. The first kappa shape index (κ1) is 10.4. The molecular weight excluding hydrogens is 188 g/mol. The number of rotatable bonds is 1. The number of hydrogen-bond acceptors (Lipinski definition) is 4. The largest absolute Gasteiger partial charge is 0.433 e. The normalized spacial score (nSPS) is 30.5. The minimum atomic E-state index is -0.538. The molecule has 4 nitrogen and oxygen atoms in total. The smallest absolute Gasteiger partial charge is 0.323 e. The lowest BCUT2D eigenvalue weighted by atomic mass is 10.1. The molecular formula is C8H14N2O2S. The lowest BCUT2D eigenvalue weighted by molar-refractivity contribution is 0.152. The predicted molar refractivity (Wildman–Crippen MR) is 54.2 cm³/mol. The van der Waals surface area contributed by atoms with Crippen LogP contribution in [-0.2, 0) is 4.84 Å². The van der Waals surface area contributed by atoms with Gasteiger partial charge < -0.3 is 5.32 Å². The second kappa shape index (κ2) is 4.00. The molecule has 1 saturated carbocycles. The van der Waals surface area contributed by atoms with Crippen LogP contribution in [0.2, 0.25) is 0 Å². The Hall–Kier alpha value is -0.710. The van der Waals surface area contributed by atoms with Crippen molar-refractivity contribution in [3.8, 4) is 0 Å². The number of carbonyl (C=O) groups is 1. The monoisotopic (exact) mass is 202 g/mol. The lowest BCUT2D eigenvalue weighted by Gasteiger charge is -2.15. The first-order chi connectivity index (χ1) is 6.06. The molecule has 74 valence electrons. The summed E-state index contributed by atoms with van der Waals surface area (Å²) in [6.45, 7) is 1.98. The average Bonchev–Trinajstić information content (AvgIpc) is 2.41. The van der Waals surface area contributed by atoms with Gasteiger partial charge in [0.15, 0.2) is 0 Å². The number of oxime groups is 1. The molecule has 0 spiro atoms. The Morgan fingerprint density at radius 1 is 1.77 bits per heavy atom. The summed E-state index contributed by atoms with van der Waals surface area (Å²) in [4.78, 5) is 15.3. The first-order valence-electron chi connectivity index (χ1n) is 4.25. The second-order valence-corrected chi connectivity index (χ2v) is 4.28. The second-order valence-electron chi connectivity index (χ2n) is 3.29. The molecule has 1 atom stereocenters. The van der Waals surface area contributed by atoms with E-state index < -0.39 is 6.09 Å². The van der Waals surface area contributed by atoms with Gasteiger partial charge in [-0.15, -0.1) is 0 Å². The minimum Gasteiger partial charge on any atom is -0.323 e. The van der Waals surface area contributed by atoms with E-state index in [-0.39, 0.29) is 4.75 Å². The fourth-order valence-electron chi connectivity index (χ4n) is 1.30. The predicted octanol–water partition coefficient (Wildman–Crippen LogP) is 1.57. The van der Waals surface area contributed by atoms with Gasteiger partial charge in [-0.05, 0) is 26.2 Å². The molecule has 1 aliphatic rings. The number of carbonyl (C=O) groups excluding carboxylic acids is 1. The van der Waals surface area contributed by atoms with Crippen LogP contribution < -0.4 is 5.32 Å². The van der Waals surface area contributed by atoms with Crippen molar-refractivity contribution in [1.29, 1.82) is 0 Å². The highest BCUT2D eigenvalue weighted by Gasteiger charge is 2.32. The molecule has 0 radical (unpaired) electrons. The number of amides is 1. The summed E-state index contributed by atoms with van der Waals surface area (Å²) in [5.41, 5.74) is 0.847. The van der Waals surface area contributed by atoms with Crippen LogP contribution >= 0.6 is 12.6 Å². The van der Waals surface area contributed by atoms with Gasteiger partial charge in [0.1, 0.15) is 0 Å². The van der Waals surface area contributed by atoms with Crippen LogP contribution in [0.5, 0.6) is 0 Å². The van der Waals surface area contributed by atoms with Gasteiger partial charge in [0, 0.05) is 7.05 Å². The average molecular weight is 202 g/mol. The summed E-state index contributed by atoms with van der Waals surface area (Å²) in [5.74, 6) is 0. The third-order valence-electron chi connectivity index (χ3n) is 2.14. The fourth-order valence-corrected chi connectivity index (χ4v) is 1.61. The quantitative estimate of drug-likeness (QED) is 0.385. The van der Waals surface area contributed by atoms with E-state index in [4.69, 9.17) is 0 Å². The van der Waals surface area contributed by atoms with Crippen LogP contribution in [0.3, 0.4) is 0 Å². The van der Waals surface area contributed by atoms with Crippen molar-refractivity contribution in [1.82, 2.24) is 5.32 Å². The van der Waals surface area contributed by atoms with E-state index >= 15 is 0 Å². The maximum Gasteiger partial charge on any atom is 0.433 e. The molecule has 13 heavy (non-hydrogen) atoms. The number of nitrogens with zero attached hydrogens (tertiary/aromatic N) is 1. The van der Waals surface area contributed by atoms with Gasteiger partial charge in [-0.1, -0.05) is 5.16 Å². The lowest BCUT2D eigenvalue weighted by Crippen LogP contribution is -2.24. The van der Waals surface area contributed by atoms with Crippen LogP contribution in [0.15, 0.2) is 5.16 Å². The van der Waals surface area contributed by atoms with Gasteiger partial charge in [-0.3, -0.25) is 4.84 Å². The van der Waals surface area contributed by atoms with E-state index in [0.717, 1.165) is 25.0 Å². The van der Waals surface area contributed by atoms with Gasteiger partial charge in [0.05, 0.1) is 10.5 Å². The van der Waals surface area contributed by atoms with Crippen LogP contribution in [0.1, 0.15) is 26.2 Å². The Morgan fingerprint density at radius 2 is 2.46 bits per heavy atom. The summed E-state index contributed by atoms with van der Waals surface area (Å²) in [5, 5.41) is 6.10. The molecule has 0 aromatic heterocycles. The van der Waals surface area contributed by atoms with E-state index in [1.165, 1.54) is 7.05 Å². The van der Waals surface area contributed by atoms with Crippen molar-refractivity contribution < 1.29 is 9.63 Å². The highest BCUT2D eigenvalue weighted by molar-refractivity contribution is 7.82. The highest BCUT2D eigenvalue weighted by atomic mass is 32.1. The fraction of sp³-hybridized carbons (Fsp3) is 0.750. The Labute approximate surface area is 83.1 Å². The van der Waals surface area contributed by atoms with Gasteiger partial charge >= 0.3 is 6.09 Å². The molecule has 1 N–H and O–H groups in total. The topological polar surface area (TPSA) is 50.7 Å². The molecule has 0 aromatic carbocycles. The minimum absolute atomic E-state index is 0.214. The van der Waals surface area contributed by atoms with E-state index in [1.54, 1.807) is 0 Å². The van der Waals surface area contributed by atoms with Gasteiger partial charge in [-0.25, -0.2) is 4.79 Å². The summed E-state index contributed by atoms with van der Waals surface area (Å²) in [6.07, 6.45) is 2.35. The molecule has 0 saturated heterocycles. The summed E-state index contributed by atoms with van der Waals surface area (Å²) in [7, 11) is 1.50. The molecule has 0 aromatic rings.